The van der Waals surface area contributed by atoms with E-state index < -0.39 is 6.10 Å². The summed E-state index contributed by atoms with van der Waals surface area (Å²) in [6.45, 7) is 4.38. The molecule has 136 valence electrons. The van der Waals surface area contributed by atoms with Crippen LogP contribution in [0.25, 0.3) is 10.2 Å². The van der Waals surface area contributed by atoms with E-state index in [1.54, 1.807) is 29.4 Å². The summed E-state index contributed by atoms with van der Waals surface area (Å²) in [6.07, 6.45) is 4.59. The topological polar surface area (TPSA) is 55.2 Å². The molecule has 1 aromatic carbocycles. The quantitative estimate of drug-likeness (QED) is 0.505. The standard InChI is InChI=1S/C20H22N2O2S2/c1-12-6-13(2)8-15(7-12)24-9-14(23)10-25-19-18-16-4-3-5-17(16)26-20(18)22-11-21-19/h6-8,11,14,23H,3-5,9-10H2,1-2H3/t14-/m0/s1. The lowest BCUT2D eigenvalue weighted by Gasteiger charge is -2.13. The highest BCUT2D eigenvalue weighted by atomic mass is 32.2. The fraction of sp³-hybridized carbons (Fsp3) is 0.400. The Bertz CT molecular complexity index is 919. The summed E-state index contributed by atoms with van der Waals surface area (Å²) in [6, 6.07) is 6.10. The summed E-state index contributed by atoms with van der Waals surface area (Å²) in [5, 5.41) is 12.5. The van der Waals surface area contributed by atoms with Gasteiger partial charge in [-0.25, -0.2) is 9.97 Å². The van der Waals surface area contributed by atoms with Crippen molar-refractivity contribution in [1.29, 1.82) is 0 Å². The molecule has 0 aliphatic heterocycles. The van der Waals surface area contributed by atoms with Gasteiger partial charge in [-0.1, -0.05) is 6.07 Å². The van der Waals surface area contributed by atoms with E-state index in [9.17, 15) is 5.11 Å². The number of aliphatic hydroxyl groups excluding tert-OH is 1. The van der Waals surface area contributed by atoms with Gasteiger partial charge in [-0.3, -0.25) is 0 Å². The third-order valence-corrected chi connectivity index (χ3v) is 6.85. The van der Waals surface area contributed by atoms with Crippen LogP contribution in [0.4, 0.5) is 0 Å². The van der Waals surface area contributed by atoms with Crippen LogP contribution in [-0.2, 0) is 12.8 Å². The van der Waals surface area contributed by atoms with Gasteiger partial charge in [-0.05, 0) is 61.9 Å². The summed E-state index contributed by atoms with van der Waals surface area (Å²) in [4.78, 5) is 11.4. The molecule has 0 saturated carbocycles. The van der Waals surface area contributed by atoms with Gasteiger partial charge >= 0.3 is 0 Å². The minimum atomic E-state index is -0.544. The number of hydrogen-bond donors (Lipinski definition) is 1. The summed E-state index contributed by atoms with van der Waals surface area (Å²) in [5.74, 6) is 1.37. The van der Waals surface area contributed by atoms with Gasteiger partial charge < -0.3 is 9.84 Å². The number of aromatic nitrogens is 2. The van der Waals surface area contributed by atoms with Crippen molar-refractivity contribution in [2.24, 2.45) is 0 Å². The number of rotatable bonds is 6. The Morgan fingerprint density at radius 3 is 2.81 bits per heavy atom. The van der Waals surface area contributed by atoms with Crippen LogP contribution in [0.3, 0.4) is 0 Å². The molecule has 1 aliphatic carbocycles. The molecule has 1 aliphatic rings. The van der Waals surface area contributed by atoms with Gasteiger partial charge in [0.25, 0.3) is 0 Å². The van der Waals surface area contributed by atoms with E-state index >= 15 is 0 Å². The minimum Gasteiger partial charge on any atom is -0.491 e. The van der Waals surface area contributed by atoms with Crippen LogP contribution in [0.2, 0.25) is 0 Å². The predicted molar refractivity (Wildman–Crippen MR) is 108 cm³/mol. The number of nitrogens with zero attached hydrogens (tertiary/aromatic N) is 2. The largest absolute Gasteiger partial charge is 0.491 e. The number of hydrogen-bond acceptors (Lipinski definition) is 6. The van der Waals surface area contributed by atoms with Crippen molar-refractivity contribution < 1.29 is 9.84 Å². The van der Waals surface area contributed by atoms with Gasteiger partial charge in [0.2, 0.25) is 0 Å². The van der Waals surface area contributed by atoms with Crippen LogP contribution < -0.4 is 4.74 Å². The van der Waals surface area contributed by atoms with Crippen molar-refractivity contribution in [1.82, 2.24) is 9.97 Å². The molecule has 0 unspecified atom stereocenters. The van der Waals surface area contributed by atoms with E-state index in [4.69, 9.17) is 4.74 Å². The maximum Gasteiger partial charge on any atom is 0.128 e. The zero-order valence-corrected chi connectivity index (χ0v) is 16.6. The number of aryl methyl sites for hydroxylation is 4. The lowest BCUT2D eigenvalue weighted by atomic mass is 10.1. The number of benzene rings is 1. The first kappa shape index (κ1) is 17.8. The van der Waals surface area contributed by atoms with Gasteiger partial charge in [0.15, 0.2) is 0 Å². The van der Waals surface area contributed by atoms with E-state index in [2.05, 4.69) is 16.0 Å². The Hall–Kier alpha value is -1.63. The normalized spacial score (nSPS) is 14.6. The summed E-state index contributed by atoms with van der Waals surface area (Å²) >= 11 is 3.39. The second kappa shape index (κ2) is 7.55. The molecular formula is C20H22N2O2S2. The molecule has 0 saturated heterocycles. The molecule has 4 nitrogen and oxygen atoms in total. The highest BCUT2D eigenvalue weighted by molar-refractivity contribution is 7.99. The Balaban J connectivity index is 1.40. The van der Waals surface area contributed by atoms with E-state index in [0.717, 1.165) is 28.4 Å². The van der Waals surface area contributed by atoms with Gasteiger partial charge in [0.05, 0.1) is 6.10 Å². The molecule has 0 amide bonds. The average molecular weight is 387 g/mol. The zero-order valence-electron chi connectivity index (χ0n) is 15.0. The first-order valence-electron chi connectivity index (χ1n) is 8.87. The van der Waals surface area contributed by atoms with E-state index in [0.29, 0.717) is 5.75 Å². The molecule has 0 bridgehead atoms. The SMILES string of the molecule is Cc1cc(C)cc(OC[C@H](O)CSc2ncnc3sc4c(c23)CCC4)c1. The zero-order chi connectivity index (χ0) is 18.1. The molecule has 0 fully saturated rings. The molecule has 26 heavy (non-hydrogen) atoms. The molecule has 2 heterocycles. The Morgan fingerprint density at radius 1 is 1.19 bits per heavy atom. The molecule has 2 aromatic heterocycles. The van der Waals surface area contributed by atoms with Crippen LogP contribution in [0, 0.1) is 13.8 Å². The van der Waals surface area contributed by atoms with Gasteiger partial charge in [0, 0.05) is 16.0 Å². The predicted octanol–water partition coefficient (Wildman–Crippen LogP) is 4.33. The smallest absolute Gasteiger partial charge is 0.128 e. The molecule has 4 rings (SSSR count). The van der Waals surface area contributed by atoms with Crippen molar-refractivity contribution in [2.75, 3.05) is 12.4 Å². The van der Waals surface area contributed by atoms with Crippen molar-refractivity contribution in [3.8, 4) is 5.75 Å². The molecule has 3 aromatic rings. The Morgan fingerprint density at radius 2 is 2.00 bits per heavy atom. The number of fused-ring (bicyclic) bond motifs is 3. The Kier molecular flexibility index (Phi) is 5.16. The van der Waals surface area contributed by atoms with Gasteiger partial charge in [-0.15, -0.1) is 23.1 Å². The van der Waals surface area contributed by atoms with Crippen molar-refractivity contribution in [3.63, 3.8) is 0 Å². The van der Waals surface area contributed by atoms with Crippen LogP contribution in [-0.4, -0.2) is 33.5 Å². The van der Waals surface area contributed by atoms with E-state index in [1.165, 1.54) is 33.4 Å². The molecule has 0 radical (unpaired) electrons. The van der Waals surface area contributed by atoms with Crippen LogP contribution in [0.1, 0.15) is 28.0 Å². The van der Waals surface area contributed by atoms with Crippen molar-refractivity contribution in [2.45, 2.75) is 44.2 Å². The number of aliphatic hydroxyl groups is 1. The second-order valence-corrected chi connectivity index (χ2v) is 8.91. The van der Waals surface area contributed by atoms with Gasteiger partial charge in [0.1, 0.15) is 28.5 Å². The monoisotopic (exact) mass is 386 g/mol. The van der Waals surface area contributed by atoms with Crippen LogP contribution in [0.15, 0.2) is 29.6 Å². The first-order valence-corrected chi connectivity index (χ1v) is 10.7. The molecule has 0 spiro atoms. The number of thiophene rings is 1. The van der Waals surface area contributed by atoms with Gasteiger partial charge in [-0.2, -0.15) is 0 Å². The van der Waals surface area contributed by atoms with Crippen molar-refractivity contribution >= 4 is 33.3 Å². The molecular weight excluding hydrogens is 364 g/mol. The maximum absolute atomic E-state index is 10.3. The second-order valence-electron chi connectivity index (χ2n) is 6.82. The van der Waals surface area contributed by atoms with Crippen molar-refractivity contribution in [3.05, 3.63) is 46.1 Å². The highest BCUT2D eigenvalue weighted by Crippen LogP contribution is 2.40. The van der Waals surface area contributed by atoms with E-state index in [1.807, 2.05) is 26.0 Å². The third kappa shape index (κ3) is 3.72. The minimum absolute atomic E-state index is 0.284. The van der Waals surface area contributed by atoms with Crippen LogP contribution in [0.5, 0.6) is 5.75 Å². The van der Waals surface area contributed by atoms with Crippen LogP contribution >= 0.6 is 23.1 Å². The lowest BCUT2D eigenvalue weighted by molar-refractivity contribution is 0.126. The highest BCUT2D eigenvalue weighted by Gasteiger charge is 2.21. The average Bonchev–Trinajstić information content (AvgIpc) is 3.18. The fourth-order valence-corrected chi connectivity index (χ4v) is 5.67. The summed E-state index contributed by atoms with van der Waals surface area (Å²) < 4.78 is 5.77. The van der Waals surface area contributed by atoms with E-state index in [-0.39, 0.29) is 6.61 Å². The summed E-state index contributed by atoms with van der Waals surface area (Å²) in [5.41, 5.74) is 3.76. The fourth-order valence-electron chi connectivity index (χ4n) is 3.44. The molecule has 1 N–H and O–H groups in total. The summed E-state index contributed by atoms with van der Waals surface area (Å²) in [7, 11) is 0. The maximum atomic E-state index is 10.3. The number of ether oxygens (including phenoxy) is 1. The first-order chi connectivity index (χ1) is 12.6. The third-order valence-electron chi connectivity index (χ3n) is 4.52. The number of thioether (sulfide) groups is 1. The molecule has 6 heteroatoms. The lowest BCUT2D eigenvalue weighted by Crippen LogP contribution is -2.20. The Labute approximate surface area is 161 Å². The molecule has 1 atom stereocenters.